The molecule has 3 aromatic rings. The highest BCUT2D eigenvalue weighted by atomic mass is 16.1. The highest BCUT2D eigenvalue weighted by Crippen LogP contribution is 2.23. The monoisotopic (exact) mass is 407 g/mol. The Morgan fingerprint density at radius 3 is 2.87 bits per heavy atom. The van der Waals surface area contributed by atoms with E-state index in [4.69, 9.17) is 5.48 Å². The molecule has 7 heteroatoms. The lowest BCUT2D eigenvalue weighted by Gasteiger charge is -2.26. The SMILES string of the molecule is [2H]C1([2H])C=C(c2ccc(C(=O)NC)nc2)CC([2H])([2H])N1Cc1cnc2cc(CC)c(=O)[nH]c2c1. The molecule has 1 aliphatic heterocycles. The normalized spacial score (nSPS) is 19.9. The molecule has 0 spiro atoms. The molecule has 0 radical (unpaired) electrons. The van der Waals surface area contributed by atoms with Gasteiger partial charge in [0, 0.05) is 50.0 Å². The minimum atomic E-state index is -2.11. The van der Waals surface area contributed by atoms with Gasteiger partial charge in [-0.2, -0.15) is 0 Å². The Hall–Kier alpha value is -3.32. The van der Waals surface area contributed by atoms with E-state index >= 15 is 0 Å². The summed E-state index contributed by atoms with van der Waals surface area (Å²) < 4.78 is 34.4. The van der Waals surface area contributed by atoms with E-state index in [9.17, 15) is 9.59 Å². The van der Waals surface area contributed by atoms with Crippen molar-refractivity contribution in [2.45, 2.75) is 26.3 Å². The lowest BCUT2D eigenvalue weighted by Crippen LogP contribution is -2.28. The molecule has 0 fully saturated rings. The topological polar surface area (TPSA) is 91.0 Å². The van der Waals surface area contributed by atoms with Crippen LogP contribution >= 0.6 is 0 Å². The van der Waals surface area contributed by atoms with Crippen molar-refractivity contribution in [2.75, 3.05) is 20.0 Å². The second-order valence-corrected chi connectivity index (χ2v) is 6.98. The molecule has 30 heavy (non-hydrogen) atoms. The summed E-state index contributed by atoms with van der Waals surface area (Å²) in [5.74, 6) is -0.336. The van der Waals surface area contributed by atoms with Gasteiger partial charge < -0.3 is 10.3 Å². The standard InChI is InChI=1S/C23H25N5O2/c1-3-16-11-20-21(27-22(16)29)10-15(12-25-20)14-28-8-6-17(7-9-28)18-4-5-19(26-13-18)23(30)24-2/h4-6,10-13H,3,7-9,14H2,1-2H3,(H,24,30)(H,27,29)/i8D2,9D2. The average Bonchev–Trinajstić information content (AvgIpc) is 2.80. The number of carbonyl (C=O) groups excluding carboxylic acids is 1. The predicted octanol–water partition coefficient (Wildman–Crippen LogP) is 2.53. The van der Waals surface area contributed by atoms with Crippen molar-refractivity contribution < 1.29 is 10.3 Å². The third kappa shape index (κ3) is 4.16. The molecule has 1 amide bonds. The lowest BCUT2D eigenvalue weighted by molar-refractivity contribution is 0.0958. The number of nitrogens with zero attached hydrogens (tertiary/aromatic N) is 3. The molecule has 7 nitrogen and oxygen atoms in total. The number of fused-ring (bicyclic) bond motifs is 1. The Labute approximate surface area is 180 Å². The molecule has 1 aliphatic rings. The van der Waals surface area contributed by atoms with Crippen molar-refractivity contribution in [1.29, 1.82) is 0 Å². The van der Waals surface area contributed by atoms with Crippen LogP contribution in [0.5, 0.6) is 0 Å². The summed E-state index contributed by atoms with van der Waals surface area (Å²) in [5, 5.41) is 2.49. The van der Waals surface area contributed by atoms with Crippen molar-refractivity contribution in [3.63, 3.8) is 0 Å². The first-order chi connectivity index (χ1) is 16.0. The summed E-state index contributed by atoms with van der Waals surface area (Å²) in [6, 6.07) is 6.60. The van der Waals surface area contributed by atoms with Gasteiger partial charge in [-0.05, 0) is 47.7 Å². The van der Waals surface area contributed by atoms with Crippen LogP contribution in [-0.2, 0) is 13.0 Å². The molecule has 0 unspecified atom stereocenters. The maximum Gasteiger partial charge on any atom is 0.269 e. The van der Waals surface area contributed by atoms with Crippen molar-refractivity contribution in [2.24, 2.45) is 0 Å². The second kappa shape index (κ2) is 8.59. The first-order valence-electron chi connectivity index (χ1n) is 11.7. The zero-order chi connectivity index (χ0) is 24.7. The van der Waals surface area contributed by atoms with Gasteiger partial charge in [0.2, 0.25) is 0 Å². The summed E-state index contributed by atoms with van der Waals surface area (Å²) in [5.41, 5.74) is 3.41. The molecule has 154 valence electrons. The summed E-state index contributed by atoms with van der Waals surface area (Å²) in [4.78, 5) is 36.3. The fourth-order valence-corrected chi connectivity index (χ4v) is 3.26. The quantitative estimate of drug-likeness (QED) is 0.678. The van der Waals surface area contributed by atoms with E-state index in [-0.39, 0.29) is 30.1 Å². The molecular formula is C23H25N5O2. The number of aryl methyl sites for hydroxylation is 1. The van der Waals surface area contributed by atoms with Crippen LogP contribution in [0.3, 0.4) is 0 Å². The van der Waals surface area contributed by atoms with E-state index in [1.807, 2.05) is 6.92 Å². The number of carbonyl (C=O) groups is 1. The van der Waals surface area contributed by atoms with Crippen LogP contribution in [0.25, 0.3) is 16.6 Å². The van der Waals surface area contributed by atoms with Gasteiger partial charge in [-0.15, -0.1) is 0 Å². The van der Waals surface area contributed by atoms with E-state index in [1.165, 1.54) is 25.4 Å². The lowest BCUT2D eigenvalue weighted by atomic mass is 10.0. The third-order valence-corrected chi connectivity index (χ3v) is 5.00. The minimum absolute atomic E-state index is 0.0435. The highest BCUT2D eigenvalue weighted by molar-refractivity contribution is 5.92. The Kier molecular flexibility index (Phi) is 4.44. The Balaban J connectivity index is 1.64. The van der Waals surface area contributed by atoms with Crippen molar-refractivity contribution in [3.8, 4) is 0 Å². The number of H-pyrrole nitrogens is 1. The summed E-state index contributed by atoms with van der Waals surface area (Å²) >= 11 is 0. The number of nitrogens with one attached hydrogen (secondary N) is 2. The number of aromatic nitrogens is 3. The van der Waals surface area contributed by atoms with Crippen molar-refractivity contribution in [3.05, 3.63) is 75.5 Å². The van der Waals surface area contributed by atoms with Crippen LogP contribution in [0.15, 0.2) is 47.5 Å². The Morgan fingerprint density at radius 1 is 1.30 bits per heavy atom. The third-order valence-electron chi connectivity index (χ3n) is 5.00. The molecular weight excluding hydrogens is 378 g/mol. The zero-order valence-corrected chi connectivity index (χ0v) is 16.8. The van der Waals surface area contributed by atoms with Crippen LogP contribution in [0, 0.1) is 0 Å². The van der Waals surface area contributed by atoms with Crippen LogP contribution in [0.2, 0.25) is 0 Å². The van der Waals surface area contributed by atoms with Gasteiger partial charge in [0.1, 0.15) is 5.69 Å². The van der Waals surface area contributed by atoms with Gasteiger partial charge in [0.25, 0.3) is 11.5 Å². The summed E-state index contributed by atoms with van der Waals surface area (Å²) in [7, 11) is 1.50. The first-order valence-corrected chi connectivity index (χ1v) is 9.73. The maximum absolute atomic E-state index is 12.2. The number of hydrogen-bond acceptors (Lipinski definition) is 5. The Bertz CT molecular complexity index is 1340. The van der Waals surface area contributed by atoms with Crippen LogP contribution < -0.4 is 10.9 Å². The van der Waals surface area contributed by atoms with Gasteiger partial charge in [0.05, 0.1) is 11.0 Å². The number of pyridine rings is 3. The van der Waals surface area contributed by atoms with Gasteiger partial charge in [0.15, 0.2) is 0 Å². The van der Waals surface area contributed by atoms with Crippen LogP contribution in [-0.4, -0.2) is 45.8 Å². The molecule has 4 rings (SSSR count). The molecule has 0 saturated heterocycles. The smallest absolute Gasteiger partial charge is 0.269 e. The molecule has 0 atom stereocenters. The van der Waals surface area contributed by atoms with E-state index < -0.39 is 13.0 Å². The van der Waals surface area contributed by atoms with Gasteiger partial charge >= 0.3 is 0 Å². The fourth-order valence-electron chi connectivity index (χ4n) is 3.26. The van der Waals surface area contributed by atoms with Crippen LogP contribution in [0.4, 0.5) is 0 Å². The van der Waals surface area contributed by atoms with Gasteiger partial charge in [-0.25, -0.2) is 0 Å². The average molecular weight is 408 g/mol. The summed E-state index contributed by atoms with van der Waals surface area (Å²) in [6.45, 7) is -2.27. The van der Waals surface area contributed by atoms with Crippen LogP contribution in [0.1, 0.15) is 46.0 Å². The number of aromatic amines is 1. The molecule has 2 N–H and O–H groups in total. The zero-order valence-electron chi connectivity index (χ0n) is 20.8. The molecule has 0 saturated carbocycles. The number of rotatable bonds is 5. The second-order valence-electron chi connectivity index (χ2n) is 6.98. The summed E-state index contributed by atoms with van der Waals surface area (Å²) in [6.07, 6.45) is 4.93. The van der Waals surface area contributed by atoms with E-state index in [0.717, 1.165) is 4.90 Å². The largest absolute Gasteiger partial charge is 0.354 e. The van der Waals surface area contributed by atoms with E-state index in [1.54, 1.807) is 24.4 Å². The highest BCUT2D eigenvalue weighted by Gasteiger charge is 2.15. The molecule has 0 aliphatic carbocycles. The van der Waals surface area contributed by atoms with Crippen molar-refractivity contribution >= 4 is 22.5 Å². The minimum Gasteiger partial charge on any atom is -0.354 e. The van der Waals surface area contributed by atoms with E-state index in [2.05, 4.69) is 20.3 Å². The first kappa shape index (κ1) is 15.5. The molecule has 4 heterocycles. The molecule has 3 aromatic heterocycles. The Morgan fingerprint density at radius 2 is 2.17 bits per heavy atom. The van der Waals surface area contributed by atoms with Gasteiger partial charge in [-0.3, -0.25) is 24.5 Å². The van der Waals surface area contributed by atoms with E-state index in [0.29, 0.717) is 39.7 Å². The predicted molar refractivity (Wildman–Crippen MR) is 117 cm³/mol. The fraction of sp³-hybridized carbons (Fsp3) is 0.304. The van der Waals surface area contributed by atoms with Crippen molar-refractivity contribution in [1.82, 2.24) is 25.2 Å². The van der Waals surface area contributed by atoms with Gasteiger partial charge in [-0.1, -0.05) is 19.1 Å². The molecule has 0 aromatic carbocycles. The number of amides is 1. The molecule has 0 bridgehead atoms. The maximum atomic E-state index is 12.2. The number of hydrogen-bond donors (Lipinski definition) is 2.